The van der Waals surface area contributed by atoms with Crippen molar-refractivity contribution in [3.8, 4) is 0 Å². The van der Waals surface area contributed by atoms with Crippen LogP contribution in [0.25, 0.3) is 0 Å². The van der Waals surface area contributed by atoms with E-state index in [2.05, 4.69) is 12.2 Å². The van der Waals surface area contributed by atoms with Crippen molar-refractivity contribution in [2.24, 2.45) is 5.41 Å². The first kappa shape index (κ1) is 15.4. The van der Waals surface area contributed by atoms with Gasteiger partial charge in [0, 0.05) is 12.6 Å². The summed E-state index contributed by atoms with van der Waals surface area (Å²) in [6, 6.07) is 0.892. The first-order valence-electron chi connectivity index (χ1n) is 9.08. The Labute approximate surface area is 120 Å². The van der Waals surface area contributed by atoms with Crippen molar-refractivity contribution in [1.29, 1.82) is 0 Å². The third-order valence-electron chi connectivity index (χ3n) is 5.32. The fourth-order valence-corrected chi connectivity index (χ4v) is 3.75. The summed E-state index contributed by atoms with van der Waals surface area (Å²) in [6.07, 6.45) is 20.5. The third-order valence-corrected chi connectivity index (χ3v) is 5.32. The molecule has 1 nitrogen and oxygen atoms in total. The van der Waals surface area contributed by atoms with Crippen molar-refractivity contribution >= 4 is 0 Å². The Bertz CT molecular complexity index is 226. The fraction of sp³-hybridized carbons (Fsp3) is 1.00. The van der Waals surface area contributed by atoms with Gasteiger partial charge in [0.15, 0.2) is 0 Å². The maximum atomic E-state index is 3.83. The molecule has 0 aromatic rings. The summed E-state index contributed by atoms with van der Waals surface area (Å²) in [5.74, 6) is 0. The largest absolute Gasteiger partial charge is 0.313 e. The molecular weight excluding hydrogens is 230 g/mol. The molecule has 0 aromatic carbocycles. The molecule has 1 heteroatoms. The number of hydrogen-bond acceptors (Lipinski definition) is 1. The number of hydrogen-bond donors (Lipinski definition) is 1. The van der Waals surface area contributed by atoms with E-state index in [0.29, 0.717) is 5.41 Å². The van der Waals surface area contributed by atoms with Gasteiger partial charge in [-0.3, -0.25) is 0 Å². The number of rotatable bonds is 10. The smallest absolute Gasteiger partial charge is 0.00684 e. The summed E-state index contributed by atoms with van der Waals surface area (Å²) in [5, 5.41) is 3.83. The molecule has 0 atom stereocenters. The summed E-state index contributed by atoms with van der Waals surface area (Å²) in [4.78, 5) is 0. The Balaban J connectivity index is 1.64. The van der Waals surface area contributed by atoms with Gasteiger partial charge < -0.3 is 5.32 Å². The first-order valence-corrected chi connectivity index (χ1v) is 9.08. The van der Waals surface area contributed by atoms with Gasteiger partial charge in [-0.1, -0.05) is 64.7 Å². The molecule has 1 N–H and O–H groups in total. The normalized spacial score (nSPS) is 22.6. The zero-order valence-corrected chi connectivity index (χ0v) is 13.2. The van der Waals surface area contributed by atoms with Crippen LogP contribution >= 0.6 is 0 Å². The highest BCUT2D eigenvalue weighted by molar-refractivity contribution is 4.89. The summed E-state index contributed by atoms with van der Waals surface area (Å²) < 4.78 is 0. The average molecular weight is 265 g/mol. The van der Waals surface area contributed by atoms with E-state index in [0.717, 1.165) is 6.04 Å². The van der Waals surface area contributed by atoms with Crippen LogP contribution in [0.3, 0.4) is 0 Å². The topological polar surface area (TPSA) is 12.0 Å². The van der Waals surface area contributed by atoms with Gasteiger partial charge in [0.1, 0.15) is 0 Å². The van der Waals surface area contributed by atoms with Crippen LogP contribution in [0.5, 0.6) is 0 Å². The molecule has 2 saturated carbocycles. The minimum Gasteiger partial charge on any atom is -0.313 e. The summed E-state index contributed by atoms with van der Waals surface area (Å²) >= 11 is 0. The second-order valence-electron chi connectivity index (χ2n) is 7.23. The van der Waals surface area contributed by atoms with Crippen molar-refractivity contribution in [3.05, 3.63) is 0 Å². The predicted octanol–water partition coefficient (Wildman–Crippen LogP) is 5.44. The Kier molecular flexibility index (Phi) is 6.70. The molecule has 0 bridgehead atoms. The lowest BCUT2D eigenvalue weighted by Gasteiger charge is -2.38. The molecule has 2 rings (SSSR count). The lowest BCUT2D eigenvalue weighted by atomic mass is 9.70. The van der Waals surface area contributed by atoms with Gasteiger partial charge in [-0.15, -0.1) is 0 Å². The Morgan fingerprint density at radius 1 is 0.895 bits per heavy atom. The van der Waals surface area contributed by atoms with E-state index in [1.807, 2.05) is 0 Å². The van der Waals surface area contributed by atoms with E-state index in [9.17, 15) is 0 Å². The van der Waals surface area contributed by atoms with Crippen molar-refractivity contribution in [1.82, 2.24) is 5.32 Å². The van der Waals surface area contributed by atoms with E-state index in [1.54, 1.807) is 0 Å². The van der Waals surface area contributed by atoms with Crippen molar-refractivity contribution in [2.75, 3.05) is 6.54 Å². The van der Waals surface area contributed by atoms with E-state index >= 15 is 0 Å². The quantitative estimate of drug-likeness (QED) is 0.519. The molecule has 0 aromatic heterocycles. The molecule has 19 heavy (non-hydrogen) atoms. The molecule has 0 radical (unpaired) electrons. The van der Waals surface area contributed by atoms with E-state index in [-0.39, 0.29) is 0 Å². The van der Waals surface area contributed by atoms with Gasteiger partial charge in [-0.05, 0) is 37.5 Å². The van der Waals surface area contributed by atoms with Crippen molar-refractivity contribution in [2.45, 2.75) is 103 Å². The molecular formula is C18H35N. The van der Waals surface area contributed by atoms with Crippen LogP contribution in [-0.4, -0.2) is 12.6 Å². The first-order chi connectivity index (χ1) is 9.35. The van der Waals surface area contributed by atoms with Gasteiger partial charge in [0.2, 0.25) is 0 Å². The molecule has 2 fully saturated rings. The molecule has 0 aliphatic heterocycles. The van der Waals surface area contributed by atoms with Crippen LogP contribution in [0.15, 0.2) is 0 Å². The van der Waals surface area contributed by atoms with Crippen LogP contribution in [0.1, 0.15) is 96.8 Å². The maximum absolute atomic E-state index is 3.83. The number of unbranched alkanes of at least 4 members (excludes halogenated alkanes) is 5. The van der Waals surface area contributed by atoms with Crippen LogP contribution in [-0.2, 0) is 0 Å². The Morgan fingerprint density at radius 3 is 2.26 bits per heavy atom. The summed E-state index contributed by atoms with van der Waals surface area (Å²) in [6.45, 7) is 3.63. The molecule has 0 saturated heterocycles. The van der Waals surface area contributed by atoms with E-state index in [1.165, 1.54) is 96.4 Å². The molecule has 0 heterocycles. The van der Waals surface area contributed by atoms with E-state index < -0.39 is 0 Å². The highest BCUT2D eigenvalue weighted by atomic mass is 15.0. The highest BCUT2D eigenvalue weighted by Crippen LogP contribution is 2.40. The summed E-state index contributed by atoms with van der Waals surface area (Å²) in [5.41, 5.74) is 0.686. The Hall–Kier alpha value is -0.0400. The van der Waals surface area contributed by atoms with Gasteiger partial charge in [0.25, 0.3) is 0 Å². The minimum absolute atomic E-state index is 0.686. The SMILES string of the molecule is CCCCCCCCC1(CNC2CC2)CCCCC1. The lowest BCUT2D eigenvalue weighted by Crippen LogP contribution is -2.37. The van der Waals surface area contributed by atoms with Gasteiger partial charge >= 0.3 is 0 Å². The highest BCUT2D eigenvalue weighted by Gasteiger charge is 2.33. The molecule has 0 unspecified atom stereocenters. The molecule has 112 valence electrons. The molecule has 2 aliphatic rings. The fourth-order valence-electron chi connectivity index (χ4n) is 3.75. The number of nitrogens with one attached hydrogen (secondary N) is 1. The zero-order chi connectivity index (χ0) is 13.4. The second-order valence-corrected chi connectivity index (χ2v) is 7.23. The third kappa shape index (κ3) is 5.85. The van der Waals surface area contributed by atoms with Crippen LogP contribution in [0.4, 0.5) is 0 Å². The second kappa shape index (κ2) is 8.29. The molecule has 0 amide bonds. The van der Waals surface area contributed by atoms with Crippen molar-refractivity contribution < 1.29 is 0 Å². The van der Waals surface area contributed by atoms with Crippen LogP contribution in [0.2, 0.25) is 0 Å². The van der Waals surface area contributed by atoms with Crippen LogP contribution < -0.4 is 5.32 Å². The van der Waals surface area contributed by atoms with Gasteiger partial charge in [0.05, 0.1) is 0 Å². The van der Waals surface area contributed by atoms with Crippen LogP contribution in [0, 0.1) is 5.41 Å². The average Bonchev–Trinajstić information content (AvgIpc) is 3.26. The Morgan fingerprint density at radius 2 is 1.58 bits per heavy atom. The maximum Gasteiger partial charge on any atom is 0.00684 e. The minimum atomic E-state index is 0.686. The van der Waals surface area contributed by atoms with E-state index in [4.69, 9.17) is 0 Å². The standard InChI is InChI=1S/C18H35N/c1-2-3-4-5-6-8-13-18(14-9-7-10-15-18)16-19-17-11-12-17/h17,19H,2-16H2,1H3. The predicted molar refractivity (Wildman–Crippen MR) is 84.5 cm³/mol. The lowest BCUT2D eigenvalue weighted by molar-refractivity contribution is 0.160. The molecule has 2 aliphatic carbocycles. The molecule has 0 spiro atoms. The van der Waals surface area contributed by atoms with Gasteiger partial charge in [-0.25, -0.2) is 0 Å². The monoisotopic (exact) mass is 265 g/mol. The zero-order valence-electron chi connectivity index (χ0n) is 13.2. The van der Waals surface area contributed by atoms with Gasteiger partial charge in [-0.2, -0.15) is 0 Å². The van der Waals surface area contributed by atoms with Crippen molar-refractivity contribution in [3.63, 3.8) is 0 Å². The summed E-state index contributed by atoms with van der Waals surface area (Å²) in [7, 11) is 0.